The van der Waals surface area contributed by atoms with Crippen LogP contribution in [0.4, 0.5) is 0 Å². The number of sulfone groups is 1. The summed E-state index contributed by atoms with van der Waals surface area (Å²) < 4.78 is 35.6. The van der Waals surface area contributed by atoms with Crippen LogP contribution in [0.25, 0.3) is 16.4 Å². The van der Waals surface area contributed by atoms with Gasteiger partial charge in [-0.2, -0.15) is 0 Å². The Balaban J connectivity index is 1.59. The monoisotopic (exact) mass is 482 g/mol. The maximum absolute atomic E-state index is 12.9. The summed E-state index contributed by atoms with van der Waals surface area (Å²) in [6.07, 6.45) is 1.80. The molecule has 3 atom stereocenters. The van der Waals surface area contributed by atoms with Gasteiger partial charge >= 0.3 is 0 Å². The van der Waals surface area contributed by atoms with Crippen LogP contribution in [-0.4, -0.2) is 58.2 Å². The number of nitrogens with zero attached hydrogens (tertiary/aromatic N) is 3. The normalized spacial score (nSPS) is 29.3. The molecule has 0 saturated heterocycles. The molecule has 0 amide bonds. The summed E-state index contributed by atoms with van der Waals surface area (Å²) in [5, 5.41) is 7.43. The van der Waals surface area contributed by atoms with E-state index in [1.807, 2.05) is 24.3 Å². The molecule has 0 fully saturated rings. The summed E-state index contributed by atoms with van der Waals surface area (Å²) in [7, 11) is -1.91. The fourth-order valence-electron chi connectivity index (χ4n) is 3.55. The van der Waals surface area contributed by atoms with Crippen LogP contribution in [0.1, 0.15) is 26.7 Å². The topological polar surface area (TPSA) is 121 Å². The Morgan fingerprint density at radius 2 is 1.84 bits per heavy atom. The molecule has 0 spiro atoms. The van der Waals surface area contributed by atoms with Crippen molar-refractivity contribution >= 4 is 43.9 Å². The zero-order chi connectivity index (χ0) is 22.6. The Morgan fingerprint density at radius 3 is 2.45 bits per heavy atom. The molecule has 0 saturated carbocycles. The van der Waals surface area contributed by atoms with E-state index in [2.05, 4.69) is 15.2 Å². The van der Waals surface area contributed by atoms with E-state index in [4.69, 9.17) is 26.5 Å². The first-order valence-corrected chi connectivity index (χ1v) is 12.5. The van der Waals surface area contributed by atoms with E-state index < -0.39 is 25.5 Å². The minimum absolute atomic E-state index is 0.0961. The van der Waals surface area contributed by atoms with Gasteiger partial charge in [0.25, 0.3) is 5.89 Å². The van der Waals surface area contributed by atoms with Gasteiger partial charge in [-0.1, -0.05) is 0 Å². The van der Waals surface area contributed by atoms with Crippen LogP contribution >= 0.6 is 23.4 Å². The van der Waals surface area contributed by atoms with Crippen LogP contribution in [-0.2, 0) is 9.84 Å². The van der Waals surface area contributed by atoms with Crippen LogP contribution in [0.3, 0.4) is 0 Å². The second kappa shape index (κ2) is 7.53. The van der Waals surface area contributed by atoms with Gasteiger partial charge in [0.2, 0.25) is 5.89 Å². The van der Waals surface area contributed by atoms with Crippen LogP contribution in [0.15, 0.2) is 39.8 Å². The predicted molar refractivity (Wildman–Crippen MR) is 123 cm³/mol. The van der Waals surface area contributed by atoms with E-state index in [9.17, 15) is 8.42 Å². The summed E-state index contributed by atoms with van der Waals surface area (Å²) in [6, 6.07) is 7.27. The molecule has 1 aromatic heterocycles. The molecule has 11 heteroatoms. The number of nitrogens with two attached hydrogens (primary N) is 1. The smallest absolute Gasteiger partial charge is 0.254 e. The van der Waals surface area contributed by atoms with E-state index in [-0.39, 0.29) is 16.8 Å². The molecule has 31 heavy (non-hydrogen) atoms. The molecule has 2 unspecified atom stereocenters. The third-order valence-corrected chi connectivity index (χ3v) is 10.6. The first-order valence-electron chi connectivity index (χ1n) is 9.56. The first kappa shape index (κ1) is 22.2. The zero-order valence-electron chi connectivity index (χ0n) is 17.5. The number of allylic oxidation sites excluding steroid dienone is 1. The van der Waals surface area contributed by atoms with E-state index in [0.29, 0.717) is 16.7 Å². The average molecular weight is 483 g/mol. The maximum atomic E-state index is 12.9. The van der Waals surface area contributed by atoms with E-state index >= 15 is 0 Å². The van der Waals surface area contributed by atoms with E-state index in [0.717, 1.165) is 11.3 Å². The molecule has 2 aliphatic heterocycles. The molecule has 0 bridgehead atoms. The lowest BCUT2D eigenvalue weighted by Gasteiger charge is -2.41. The largest absolute Gasteiger partial charge is 0.497 e. The molecular weight excluding hydrogens is 460 g/mol. The minimum Gasteiger partial charge on any atom is -0.497 e. The lowest BCUT2D eigenvalue weighted by Crippen LogP contribution is -2.59. The molecule has 1 aromatic carbocycles. The number of benzene rings is 1. The number of aromatic nitrogens is 2. The Kier molecular flexibility index (Phi) is 5.38. The summed E-state index contributed by atoms with van der Waals surface area (Å²) in [4.78, 5) is 5.28. The van der Waals surface area contributed by atoms with Gasteiger partial charge in [-0.05, 0) is 51.1 Å². The highest BCUT2D eigenvalue weighted by molar-refractivity contribution is 8.09. The van der Waals surface area contributed by atoms with Crippen molar-refractivity contribution in [1.82, 2.24) is 10.2 Å². The third-order valence-electron chi connectivity index (χ3n) is 5.69. The molecule has 166 valence electrons. The molecule has 0 radical (unpaired) electrons. The van der Waals surface area contributed by atoms with Gasteiger partial charge in [0, 0.05) is 5.56 Å². The summed E-state index contributed by atoms with van der Waals surface area (Å²) in [6.45, 7) is 4.92. The highest BCUT2D eigenvalue weighted by Gasteiger charge is 2.53. The fourth-order valence-corrected chi connectivity index (χ4v) is 7.30. The molecule has 4 rings (SSSR count). The minimum atomic E-state index is -3.51. The van der Waals surface area contributed by atoms with Crippen LogP contribution in [0.5, 0.6) is 5.75 Å². The van der Waals surface area contributed by atoms with Crippen molar-refractivity contribution in [2.45, 2.75) is 41.7 Å². The van der Waals surface area contributed by atoms with Gasteiger partial charge < -0.3 is 14.9 Å². The van der Waals surface area contributed by atoms with Gasteiger partial charge in [0.15, 0.2) is 9.84 Å². The Labute approximate surface area is 190 Å². The van der Waals surface area contributed by atoms with Gasteiger partial charge in [-0.3, -0.25) is 4.99 Å². The molecule has 8 nitrogen and oxygen atoms in total. The number of alkyl halides is 1. The average Bonchev–Trinajstić information content (AvgIpc) is 3.33. The van der Waals surface area contributed by atoms with Crippen molar-refractivity contribution in [3.8, 4) is 17.2 Å². The molecule has 2 N–H and O–H groups in total. The highest BCUT2D eigenvalue weighted by Crippen LogP contribution is 2.49. The molecule has 2 aromatic rings. The second-order valence-corrected chi connectivity index (χ2v) is 12.5. The predicted octanol–water partition coefficient (Wildman–Crippen LogP) is 3.13. The highest BCUT2D eigenvalue weighted by atomic mass is 35.5. The van der Waals surface area contributed by atoms with Crippen molar-refractivity contribution in [3.05, 3.63) is 36.2 Å². The van der Waals surface area contributed by atoms with Gasteiger partial charge in [0.1, 0.15) is 16.3 Å². The quantitative estimate of drug-likeness (QED) is 0.659. The maximum Gasteiger partial charge on any atom is 0.254 e. The lowest BCUT2D eigenvalue weighted by molar-refractivity contribution is 0.415. The van der Waals surface area contributed by atoms with Crippen molar-refractivity contribution < 1.29 is 17.6 Å². The van der Waals surface area contributed by atoms with Crippen molar-refractivity contribution in [2.24, 2.45) is 10.7 Å². The number of rotatable bonds is 4. The standard InChI is InChI=1S/C20H23ClN4O4S2/c1-19(2)18(22)23-20(3,10-31(19,26)27)15-13(21)9-14(30-15)17-25-24-16(29-17)11-5-7-12(28-4)8-6-11/h5-9,13,15H,10H2,1-4H3,(H2,22,23)/t13?,15?,20-/m0/s1. The molecule has 3 heterocycles. The summed E-state index contributed by atoms with van der Waals surface area (Å²) in [5.41, 5.74) is 5.84. The van der Waals surface area contributed by atoms with E-state index in [1.165, 1.54) is 11.8 Å². The Hall–Kier alpha value is -2.04. The zero-order valence-corrected chi connectivity index (χ0v) is 19.9. The van der Waals surface area contributed by atoms with Crippen LogP contribution in [0.2, 0.25) is 0 Å². The Bertz CT molecular complexity index is 1170. The number of methoxy groups -OCH3 is 1. The number of thioether (sulfide) groups is 1. The molecule has 0 aliphatic carbocycles. The summed E-state index contributed by atoms with van der Waals surface area (Å²) in [5.74, 6) is 1.37. The van der Waals surface area contributed by atoms with Gasteiger partial charge in [0.05, 0.1) is 33.9 Å². The SMILES string of the molecule is COc1ccc(-c2nnc(C3=CC(Cl)C([C@]4(C)CS(=O)(=O)C(C)(C)C(N)=N4)S3)o2)cc1. The third kappa shape index (κ3) is 3.74. The Morgan fingerprint density at radius 1 is 1.19 bits per heavy atom. The number of hydrogen-bond donors (Lipinski definition) is 1. The van der Waals surface area contributed by atoms with Crippen molar-refractivity contribution in [1.29, 1.82) is 0 Å². The van der Waals surface area contributed by atoms with Crippen molar-refractivity contribution in [2.75, 3.05) is 12.9 Å². The second-order valence-electron chi connectivity index (χ2n) is 8.28. The molecular formula is C20H23ClN4O4S2. The molecule has 2 aliphatic rings. The summed E-state index contributed by atoms with van der Waals surface area (Å²) >= 11 is 7.99. The van der Waals surface area contributed by atoms with Crippen molar-refractivity contribution in [3.63, 3.8) is 0 Å². The number of ether oxygens (including phenoxy) is 1. The number of aliphatic imine (C=N–C) groups is 1. The van der Waals surface area contributed by atoms with Gasteiger partial charge in [-0.25, -0.2) is 8.42 Å². The lowest BCUT2D eigenvalue weighted by atomic mass is 9.96. The number of amidine groups is 1. The first-order chi connectivity index (χ1) is 14.5. The number of hydrogen-bond acceptors (Lipinski definition) is 9. The van der Waals surface area contributed by atoms with Crippen LogP contribution < -0.4 is 10.5 Å². The van der Waals surface area contributed by atoms with E-state index in [1.54, 1.807) is 34.0 Å². The fraction of sp³-hybridized carbons (Fsp3) is 0.450. The number of halogens is 1. The van der Waals surface area contributed by atoms with Gasteiger partial charge in [-0.15, -0.1) is 33.6 Å². The van der Waals surface area contributed by atoms with Crippen LogP contribution in [0, 0.1) is 0 Å².